The lowest BCUT2D eigenvalue weighted by atomic mass is 9.92. The number of rotatable bonds is 11. The molecule has 1 N–H and O–H groups in total. The molecule has 2 amide bonds. The molecule has 244 valence electrons. The lowest BCUT2D eigenvalue weighted by molar-refractivity contribution is -0.135. The van der Waals surface area contributed by atoms with Crippen molar-refractivity contribution in [2.24, 2.45) is 10.4 Å². The Morgan fingerprint density at radius 2 is 1.72 bits per heavy atom. The van der Waals surface area contributed by atoms with E-state index in [2.05, 4.69) is 16.8 Å². The monoisotopic (exact) mass is 645 g/mol. The van der Waals surface area contributed by atoms with Crippen LogP contribution >= 0.6 is 0 Å². The summed E-state index contributed by atoms with van der Waals surface area (Å²) in [6, 6.07) is 14.2. The summed E-state index contributed by atoms with van der Waals surface area (Å²) in [6.45, 7) is 9.08. The van der Waals surface area contributed by atoms with Crippen LogP contribution in [0.5, 0.6) is 0 Å². The van der Waals surface area contributed by atoms with Gasteiger partial charge in [-0.25, -0.2) is 13.1 Å². The average molecular weight is 646 g/mol. The topological polar surface area (TPSA) is 125 Å². The number of unbranched alkanes of at least 4 members (excludes halogenated alkanes) is 1. The lowest BCUT2D eigenvalue weighted by Crippen LogP contribution is -2.40. The van der Waals surface area contributed by atoms with E-state index in [0.717, 1.165) is 68.3 Å². The number of aromatic nitrogens is 1. The molecule has 46 heavy (non-hydrogen) atoms. The molecule has 3 aliphatic rings. The smallest absolute Gasteiger partial charge is 0.264 e. The molecule has 0 radical (unpaired) electrons. The van der Waals surface area contributed by atoms with Crippen LogP contribution in [0.25, 0.3) is 11.1 Å². The van der Waals surface area contributed by atoms with E-state index in [1.165, 1.54) is 6.07 Å². The van der Waals surface area contributed by atoms with Crippen molar-refractivity contribution in [2.45, 2.75) is 103 Å². The molecule has 6 rings (SSSR count). The van der Waals surface area contributed by atoms with Gasteiger partial charge in [0.05, 0.1) is 17.1 Å². The SMILES string of the molecule is CCCCC1=NC2(CCCC2)C(=O)N1Cc1ccc(-c2ccccc2S(=O)(=O)Nc2cc(C)no2)c(CN2CCC(C)(C)C2=O)c1. The van der Waals surface area contributed by atoms with Crippen LogP contribution in [0.2, 0.25) is 0 Å². The van der Waals surface area contributed by atoms with Gasteiger partial charge in [-0.15, -0.1) is 0 Å². The van der Waals surface area contributed by atoms with E-state index in [1.807, 2.05) is 41.8 Å². The van der Waals surface area contributed by atoms with Crippen molar-refractivity contribution in [3.8, 4) is 11.1 Å². The predicted octanol–water partition coefficient (Wildman–Crippen LogP) is 6.45. The third-order valence-corrected chi connectivity index (χ3v) is 11.0. The number of carbonyl (C=O) groups is 2. The second kappa shape index (κ2) is 12.3. The molecule has 1 saturated heterocycles. The fourth-order valence-corrected chi connectivity index (χ4v) is 8.15. The molecule has 1 aromatic heterocycles. The van der Waals surface area contributed by atoms with Gasteiger partial charge in [0.2, 0.25) is 11.8 Å². The van der Waals surface area contributed by atoms with Gasteiger partial charge in [0.25, 0.3) is 15.9 Å². The first-order valence-electron chi connectivity index (χ1n) is 16.3. The number of nitrogens with one attached hydrogen (secondary N) is 1. The van der Waals surface area contributed by atoms with Crippen LogP contribution in [0.1, 0.15) is 89.0 Å². The van der Waals surface area contributed by atoms with Crippen LogP contribution in [0.15, 0.2) is 62.9 Å². The van der Waals surface area contributed by atoms with Crippen LogP contribution in [0.4, 0.5) is 5.88 Å². The van der Waals surface area contributed by atoms with E-state index < -0.39 is 21.0 Å². The minimum Gasteiger partial charge on any atom is -0.338 e. The van der Waals surface area contributed by atoms with Crippen molar-refractivity contribution in [1.82, 2.24) is 15.0 Å². The van der Waals surface area contributed by atoms with E-state index in [-0.39, 0.29) is 22.6 Å². The molecule has 3 aromatic rings. The van der Waals surface area contributed by atoms with E-state index >= 15 is 0 Å². The van der Waals surface area contributed by atoms with Gasteiger partial charge in [0, 0.05) is 36.6 Å². The molecule has 2 aliphatic heterocycles. The Morgan fingerprint density at radius 3 is 2.39 bits per heavy atom. The number of hydrogen-bond donors (Lipinski definition) is 1. The Hall–Kier alpha value is -3.99. The van der Waals surface area contributed by atoms with Crippen LogP contribution in [-0.4, -0.2) is 53.1 Å². The Bertz CT molecular complexity index is 1790. The van der Waals surface area contributed by atoms with E-state index in [9.17, 15) is 18.0 Å². The zero-order valence-corrected chi connectivity index (χ0v) is 28.0. The zero-order valence-electron chi connectivity index (χ0n) is 27.1. The molecule has 0 atom stereocenters. The highest BCUT2D eigenvalue weighted by molar-refractivity contribution is 7.92. The van der Waals surface area contributed by atoms with E-state index in [1.54, 1.807) is 31.2 Å². The number of benzene rings is 2. The number of hydrogen-bond acceptors (Lipinski definition) is 7. The fourth-order valence-electron chi connectivity index (χ4n) is 6.95. The number of carbonyl (C=O) groups excluding carboxylic acids is 2. The predicted molar refractivity (Wildman–Crippen MR) is 176 cm³/mol. The van der Waals surface area contributed by atoms with Crippen LogP contribution in [0, 0.1) is 12.3 Å². The molecule has 1 spiro atoms. The van der Waals surface area contributed by atoms with Gasteiger partial charge in [-0.2, -0.15) is 0 Å². The van der Waals surface area contributed by atoms with Crippen molar-refractivity contribution < 1.29 is 22.5 Å². The van der Waals surface area contributed by atoms with Crippen molar-refractivity contribution in [2.75, 3.05) is 11.3 Å². The number of anilines is 1. The molecule has 0 unspecified atom stereocenters. The molecule has 11 heteroatoms. The Morgan fingerprint density at radius 1 is 0.957 bits per heavy atom. The van der Waals surface area contributed by atoms with Gasteiger partial charge in [-0.05, 0) is 55.4 Å². The Kier molecular flexibility index (Phi) is 8.56. The van der Waals surface area contributed by atoms with Gasteiger partial charge in [0.15, 0.2) is 0 Å². The third-order valence-electron chi connectivity index (χ3n) is 9.56. The summed E-state index contributed by atoms with van der Waals surface area (Å²) in [4.78, 5) is 36.0. The summed E-state index contributed by atoms with van der Waals surface area (Å²) in [6.07, 6.45) is 7.09. The lowest BCUT2D eigenvalue weighted by Gasteiger charge is -2.25. The Balaban J connectivity index is 1.38. The zero-order chi connectivity index (χ0) is 32.7. The van der Waals surface area contributed by atoms with Crippen LogP contribution < -0.4 is 4.72 Å². The second-order valence-corrected chi connectivity index (χ2v) is 15.2. The van der Waals surface area contributed by atoms with Gasteiger partial charge < -0.3 is 9.42 Å². The molecule has 1 aliphatic carbocycles. The minimum atomic E-state index is -4.05. The maximum Gasteiger partial charge on any atom is 0.264 e. The molecule has 2 fully saturated rings. The standard InChI is InChI=1S/C35H43N5O5S/c1-5-6-13-30-36-35(16-9-10-17-35)33(42)40(30)22-25-14-15-27(26(21-25)23-39-19-18-34(3,4)32(39)41)28-11-7-8-12-29(28)46(43,44)38-31-20-24(2)37-45-31/h7-8,11-12,14-15,20-21,38H,5-6,9-10,13,16-19,22-23H2,1-4H3. The number of amidine groups is 1. The summed E-state index contributed by atoms with van der Waals surface area (Å²) in [5.41, 5.74) is 2.41. The van der Waals surface area contributed by atoms with E-state index in [4.69, 9.17) is 9.52 Å². The molecule has 10 nitrogen and oxygen atoms in total. The number of aryl methyl sites for hydroxylation is 1. The third kappa shape index (κ3) is 6.09. The highest BCUT2D eigenvalue weighted by Crippen LogP contribution is 2.41. The summed E-state index contributed by atoms with van der Waals surface area (Å²) in [5.74, 6) is 1.05. The Labute approximate surface area is 271 Å². The van der Waals surface area contributed by atoms with E-state index in [0.29, 0.717) is 36.5 Å². The normalized spacial score (nSPS) is 19.0. The van der Waals surface area contributed by atoms with Crippen molar-refractivity contribution in [1.29, 1.82) is 0 Å². The number of likely N-dealkylation sites (tertiary alicyclic amines) is 1. The molecule has 3 heterocycles. The maximum absolute atomic E-state index is 13.9. The maximum atomic E-state index is 13.9. The molecule has 1 saturated carbocycles. The number of nitrogens with zero attached hydrogens (tertiary/aromatic N) is 4. The largest absolute Gasteiger partial charge is 0.338 e. The first-order valence-corrected chi connectivity index (χ1v) is 17.8. The average Bonchev–Trinajstić information content (AvgIpc) is 3.78. The molecule has 2 aromatic carbocycles. The van der Waals surface area contributed by atoms with Crippen LogP contribution in [0.3, 0.4) is 0 Å². The second-order valence-electron chi connectivity index (χ2n) is 13.5. The highest BCUT2D eigenvalue weighted by Gasteiger charge is 2.49. The molecular formula is C35H43N5O5S. The van der Waals surface area contributed by atoms with Crippen molar-refractivity contribution in [3.05, 3.63) is 65.4 Å². The summed E-state index contributed by atoms with van der Waals surface area (Å²) < 4.78 is 35.0. The first-order chi connectivity index (χ1) is 21.9. The summed E-state index contributed by atoms with van der Waals surface area (Å²) in [5, 5.41) is 3.79. The minimum absolute atomic E-state index is 0.0311. The fraction of sp³-hybridized carbons (Fsp3) is 0.486. The molecule has 0 bridgehead atoms. The summed E-state index contributed by atoms with van der Waals surface area (Å²) >= 11 is 0. The van der Waals surface area contributed by atoms with Crippen molar-refractivity contribution >= 4 is 33.6 Å². The van der Waals surface area contributed by atoms with Crippen molar-refractivity contribution in [3.63, 3.8) is 0 Å². The quantitative estimate of drug-likeness (QED) is 0.255. The highest BCUT2D eigenvalue weighted by atomic mass is 32.2. The van der Waals surface area contributed by atoms with Gasteiger partial charge in [-0.1, -0.05) is 81.6 Å². The van der Waals surface area contributed by atoms with Gasteiger partial charge >= 0.3 is 0 Å². The van der Waals surface area contributed by atoms with Gasteiger partial charge in [-0.3, -0.25) is 19.5 Å². The summed E-state index contributed by atoms with van der Waals surface area (Å²) in [7, 11) is -4.05. The van der Waals surface area contributed by atoms with Gasteiger partial charge in [0.1, 0.15) is 11.4 Å². The first kappa shape index (κ1) is 32.0. The van der Waals surface area contributed by atoms with Crippen LogP contribution in [-0.2, 0) is 32.7 Å². The number of aliphatic imine (C=N–C) groups is 1. The number of amides is 2. The number of sulfonamides is 1. The molecular weight excluding hydrogens is 602 g/mol.